The zero-order valence-corrected chi connectivity index (χ0v) is 19.0. The summed E-state index contributed by atoms with van der Waals surface area (Å²) in [5.41, 5.74) is 0.679. The number of aromatic hydroxyl groups is 1. The zero-order chi connectivity index (χ0) is 21.5. The molecule has 0 aliphatic carbocycles. The number of hydrogen-bond acceptors (Lipinski definition) is 4. The summed E-state index contributed by atoms with van der Waals surface area (Å²) in [5.74, 6) is 0.986. The topological polar surface area (TPSA) is 55.8 Å². The summed E-state index contributed by atoms with van der Waals surface area (Å²) in [5, 5.41) is 10.1. The van der Waals surface area contributed by atoms with E-state index >= 15 is 0 Å². The first-order valence-corrected chi connectivity index (χ1v) is 11.4. The predicted molar refractivity (Wildman–Crippen MR) is 120 cm³/mol. The van der Waals surface area contributed by atoms with E-state index in [2.05, 4.69) is 27.7 Å². The summed E-state index contributed by atoms with van der Waals surface area (Å²) >= 11 is 0. The fraction of sp³-hybridized carbons (Fsp3) is 0.720. The molecule has 1 aromatic rings. The molecule has 166 valence electrons. The van der Waals surface area contributed by atoms with E-state index in [-0.39, 0.29) is 23.9 Å². The summed E-state index contributed by atoms with van der Waals surface area (Å²) in [6.45, 7) is 9.16. The number of rotatable bonds is 16. The molecule has 1 rings (SSSR count). The Morgan fingerprint density at radius 1 is 0.966 bits per heavy atom. The lowest BCUT2D eigenvalue weighted by Gasteiger charge is -2.23. The Morgan fingerprint density at radius 2 is 1.55 bits per heavy atom. The molecule has 0 saturated carbocycles. The second-order valence-electron chi connectivity index (χ2n) is 9.07. The molecule has 0 aromatic heterocycles. The number of hydrogen-bond donors (Lipinski definition) is 1. The van der Waals surface area contributed by atoms with Crippen molar-refractivity contribution in [2.75, 3.05) is 6.61 Å². The minimum Gasteiger partial charge on any atom is -0.508 e. The summed E-state index contributed by atoms with van der Waals surface area (Å²) in [7, 11) is 0. The maximum atomic E-state index is 10.6. The summed E-state index contributed by atoms with van der Waals surface area (Å²) in [4.78, 5) is 10.6. The van der Waals surface area contributed by atoms with Gasteiger partial charge in [-0.3, -0.25) is 4.79 Å². The smallest absolute Gasteiger partial charge is 0.293 e. The molecule has 4 nitrogen and oxygen atoms in total. The minimum atomic E-state index is -0.172. The lowest BCUT2D eigenvalue weighted by molar-refractivity contribution is -0.131. The SMILES string of the molecule is CCCCCCCCCCCCC(COC=O)Oc1ccc(O)c(C(C)(C)C)c1. The van der Waals surface area contributed by atoms with Gasteiger partial charge in [-0.1, -0.05) is 85.5 Å². The molecule has 1 N–H and O–H groups in total. The van der Waals surface area contributed by atoms with Gasteiger partial charge in [0, 0.05) is 5.56 Å². The average Bonchev–Trinajstić information content (AvgIpc) is 2.67. The van der Waals surface area contributed by atoms with Gasteiger partial charge in [-0.25, -0.2) is 0 Å². The first-order valence-electron chi connectivity index (χ1n) is 11.4. The third kappa shape index (κ3) is 11.2. The first-order chi connectivity index (χ1) is 13.9. The third-order valence-electron chi connectivity index (χ3n) is 5.31. The van der Waals surface area contributed by atoms with Gasteiger partial charge in [-0.15, -0.1) is 0 Å². The van der Waals surface area contributed by atoms with E-state index in [4.69, 9.17) is 9.47 Å². The minimum absolute atomic E-state index is 0.161. The Hall–Kier alpha value is -1.71. The number of carbonyl (C=O) groups is 1. The summed E-state index contributed by atoms with van der Waals surface area (Å²) in [6.07, 6.45) is 13.6. The van der Waals surface area contributed by atoms with Gasteiger partial charge in [0.15, 0.2) is 0 Å². The lowest BCUT2D eigenvalue weighted by Crippen LogP contribution is -2.23. The van der Waals surface area contributed by atoms with Crippen LogP contribution in [0, 0.1) is 0 Å². The van der Waals surface area contributed by atoms with Crippen molar-refractivity contribution in [2.45, 2.75) is 110 Å². The van der Waals surface area contributed by atoms with Gasteiger partial charge >= 0.3 is 0 Å². The molecule has 0 radical (unpaired) electrons. The molecule has 1 atom stereocenters. The van der Waals surface area contributed by atoms with Crippen LogP contribution in [0.5, 0.6) is 11.5 Å². The van der Waals surface area contributed by atoms with Gasteiger partial charge in [0.2, 0.25) is 0 Å². The van der Waals surface area contributed by atoms with Crippen LogP contribution < -0.4 is 4.74 Å². The van der Waals surface area contributed by atoms with Crippen molar-refractivity contribution in [3.63, 3.8) is 0 Å². The Kier molecular flexibility index (Phi) is 12.5. The number of unbranched alkanes of at least 4 members (excludes halogenated alkanes) is 9. The van der Waals surface area contributed by atoms with Crippen LogP contribution in [-0.4, -0.2) is 24.3 Å². The van der Waals surface area contributed by atoms with E-state index in [0.29, 0.717) is 12.2 Å². The van der Waals surface area contributed by atoms with Crippen LogP contribution in [0.3, 0.4) is 0 Å². The van der Waals surface area contributed by atoms with Crippen molar-refractivity contribution in [3.05, 3.63) is 23.8 Å². The number of carbonyl (C=O) groups excluding carboxylic acids is 1. The van der Waals surface area contributed by atoms with E-state index in [0.717, 1.165) is 18.4 Å². The maximum Gasteiger partial charge on any atom is 0.293 e. The maximum absolute atomic E-state index is 10.6. The standard InChI is InChI=1S/C25H42O4/c1-5-6-7-8-9-10-11-12-13-14-15-22(19-28-20-26)29-21-16-17-24(27)23(18-21)25(2,3)4/h16-18,20,22,27H,5-15,19H2,1-4H3. The van der Waals surface area contributed by atoms with E-state index in [1.807, 2.05) is 6.07 Å². The molecule has 0 aliphatic rings. The Bertz CT molecular complexity index is 562. The lowest BCUT2D eigenvalue weighted by atomic mass is 9.86. The fourth-order valence-corrected chi connectivity index (χ4v) is 3.56. The zero-order valence-electron chi connectivity index (χ0n) is 19.0. The summed E-state index contributed by atoms with van der Waals surface area (Å²) < 4.78 is 11.1. The van der Waals surface area contributed by atoms with Crippen LogP contribution in [0.15, 0.2) is 18.2 Å². The highest BCUT2D eigenvalue weighted by molar-refractivity contribution is 5.43. The molecular weight excluding hydrogens is 364 g/mol. The van der Waals surface area contributed by atoms with Crippen molar-refractivity contribution in [1.82, 2.24) is 0 Å². The number of ether oxygens (including phenoxy) is 2. The molecule has 4 heteroatoms. The molecule has 1 unspecified atom stereocenters. The average molecular weight is 407 g/mol. The Labute approximate surface area is 178 Å². The number of phenols is 1. The predicted octanol–water partition coefficient (Wildman–Crippen LogP) is 6.92. The third-order valence-corrected chi connectivity index (χ3v) is 5.31. The highest BCUT2D eigenvalue weighted by Crippen LogP contribution is 2.34. The van der Waals surface area contributed by atoms with Gasteiger partial charge in [-0.05, 0) is 36.5 Å². The van der Waals surface area contributed by atoms with Crippen molar-refractivity contribution in [3.8, 4) is 11.5 Å². The molecule has 0 spiro atoms. The number of benzene rings is 1. The van der Waals surface area contributed by atoms with Crippen molar-refractivity contribution in [2.24, 2.45) is 0 Å². The molecule has 0 fully saturated rings. The molecule has 0 heterocycles. The molecular formula is C25H42O4. The van der Waals surface area contributed by atoms with Gasteiger partial charge < -0.3 is 14.6 Å². The van der Waals surface area contributed by atoms with E-state index in [1.54, 1.807) is 12.1 Å². The molecule has 0 aliphatic heterocycles. The van der Waals surface area contributed by atoms with Crippen molar-refractivity contribution in [1.29, 1.82) is 0 Å². The van der Waals surface area contributed by atoms with Crippen LogP contribution in [0.4, 0.5) is 0 Å². The molecule has 29 heavy (non-hydrogen) atoms. The summed E-state index contributed by atoms with van der Waals surface area (Å²) in [6, 6.07) is 5.34. The number of phenolic OH excluding ortho intramolecular Hbond substituents is 1. The van der Waals surface area contributed by atoms with Crippen molar-refractivity contribution < 1.29 is 19.4 Å². The van der Waals surface area contributed by atoms with E-state index < -0.39 is 0 Å². The molecule has 0 bridgehead atoms. The van der Waals surface area contributed by atoms with Crippen LogP contribution in [0.25, 0.3) is 0 Å². The monoisotopic (exact) mass is 406 g/mol. The van der Waals surface area contributed by atoms with E-state index in [1.165, 1.54) is 57.8 Å². The second kappa shape index (κ2) is 14.3. The van der Waals surface area contributed by atoms with Crippen LogP contribution in [0.1, 0.15) is 104 Å². The van der Waals surface area contributed by atoms with Gasteiger partial charge in [0.05, 0.1) is 0 Å². The second-order valence-corrected chi connectivity index (χ2v) is 9.07. The molecule has 1 aromatic carbocycles. The molecule has 0 amide bonds. The van der Waals surface area contributed by atoms with Crippen LogP contribution in [-0.2, 0) is 14.9 Å². The quantitative estimate of drug-likeness (QED) is 0.239. The van der Waals surface area contributed by atoms with Gasteiger partial charge in [0.25, 0.3) is 6.47 Å². The van der Waals surface area contributed by atoms with Gasteiger partial charge in [0.1, 0.15) is 24.2 Å². The largest absolute Gasteiger partial charge is 0.508 e. The molecule has 0 saturated heterocycles. The van der Waals surface area contributed by atoms with Crippen molar-refractivity contribution >= 4 is 6.47 Å². The normalized spacial score (nSPS) is 12.6. The van der Waals surface area contributed by atoms with E-state index in [9.17, 15) is 9.90 Å². The highest BCUT2D eigenvalue weighted by Gasteiger charge is 2.20. The van der Waals surface area contributed by atoms with Crippen LogP contribution in [0.2, 0.25) is 0 Å². The Balaban J connectivity index is 2.40. The fourth-order valence-electron chi connectivity index (χ4n) is 3.56. The Morgan fingerprint density at radius 3 is 2.10 bits per heavy atom. The van der Waals surface area contributed by atoms with Crippen LogP contribution >= 0.6 is 0 Å². The first kappa shape index (κ1) is 25.3. The highest BCUT2D eigenvalue weighted by atomic mass is 16.6. The van der Waals surface area contributed by atoms with Gasteiger partial charge in [-0.2, -0.15) is 0 Å².